The van der Waals surface area contributed by atoms with Crippen LogP contribution in [0.5, 0.6) is 0 Å². The van der Waals surface area contributed by atoms with Crippen LogP contribution in [-0.2, 0) is 30.6 Å². The molecule has 0 saturated carbocycles. The lowest BCUT2D eigenvalue weighted by atomic mass is 9.86. The number of fused-ring (bicyclic) bond motifs is 5. The number of amides is 1. The third-order valence-corrected chi connectivity index (χ3v) is 6.52. The lowest BCUT2D eigenvalue weighted by molar-refractivity contribution is -0.130. The molecular formula is C18H14ClNO2S. The second kappa shape index (κ2) is 4.68. The second-order valence-electron chi connectivity index (χ2n) is 6.47. The summed E-state index contributed by atoms with van der Waals surface area (Å²) in [4.78, 5) is 29.4. The van der Waals surface area contributed by atoms with E-state index in [0.29, 0.717) is 18.0 Å². The first-order valence-electron chi connectivity index (χ1n) is 7.83. The van der Waals surface area contributed by atoms with Crippen molar-refractivity contribution in [2.45, 2.75) is 31.8 Å². The molecule has 1 amide bonds. The smallest absolute Gasteiger partial charge is 0.295 e. The van der Waals surface area contributed by atoms with Gasteiger partial charge in [-0.3, -0.25) is 9.59 Å². The monoisotopic (exact) mass is 343 g/mol. The largest absolute Gasteiger partial charge is 0.324 e. The number of aryl methyl sites for hydroxylation is 1. The summed E-state index contributed by atoms with van der Waals surface area (Å²) in [7, 11) is 0. The Morgan fingerprint density at radius 2 is 2.00 bits per heavy atom. The zero-order valence-electron chi connectivity index (χ0n) is 12.4. The number of hydrogen-bond acceptors (Lipinski definition) is 3. The Labute approximate surface area is 142 Å². The molecule has 0 unspecified atom stereocenters. The first-order chi connectivity index (χ1) is 11.2. The van der Waals surface area contributed by atoms with Gasteiger partial charge in [0.05, 0.1) is 6.04 Å². The molecular weight excluding hydrogens is 330 g/mol. The van der Waals surface area contributed by atoms with Gasteiger partial charge in [-0.25, -0.2) is 0 Å². The number of nitrogens with zero attached hydrogens (tertiary/aromatic N) is 1. The van der Waals surface area contributed by atoms with Crippen molar-refractivity contribution < 1.29 is 9.59 Å². The van der Waals surface area contributed by atoms with Gasteiger partial charge in [0.1, 0.15) is 0 Å². The van der Waals surface area contributed by atoms with E-state index in [1.54, 1.807) is 16.2 Å². The van der Waals surface area contributed by atoms with Gasteiger partial charge in [0.2, 0.25) is 0 Å². The first kappa shape index (κ1) is 13.8. The fourth-order valence-corrected chi connectivity index (χ4v) is 5.34. The molecule has 0 fully saturated rings. The zero-order chi connectivity index (χ0) is 15.7. The number of carbonyl (C=O) groups excluding carboxylic acids is 2. The average molecular weight is 344 g/mol. The Balaban J connectivity index is 1.61. The number of benzene rings is 1. The van der Waals surface area contributed by atoms with Gasteiger partial charge in [0, 0.05) is 34.2 Å². The summed E-state index contributed by atoms with van der Waals surface area (Å²) in [6.07, 6.45) is 2.64. The number of ketones is 1. The normalized spacial score (nSPS) is 20.7. The third-order valence-electron chi connectivity index (χ3n) is 5.07. The molecule has 0 N–H and O–H groups in total. The van der Waals surface area contributed by atoms with Crippen molar-refractivity contribution in [3.8, 4) is 0 Å². The number of carbonyl (C=O) groups is 2. The van der Waals surface area contributed by atoms with Crippen molar-refractivity contribution in [3.05, 3.63) is 55.8 Å². The molecule has 0 bridgehead atoms. The SMILES string of the molecule is O=C1C(=O)N2Cc3cc(CCCl)sc3C[C@H]2c2cc3c(cc21)C3. The lowest BCUT2D eigenvalue weighted by Gasteiger charge is -2.39. The molecule has 3 nitrogen and oxygen atoms in total. The predicted octanol–water partition coefficient (Wildman–Crippen LogP) is 3.26. The van der Waals surface area contributed by atoms with Crippen LogP contribution in [-0.4, -0.2) is 22.5 Å². The number of rotatable bonds is 2. The van der Waals surface area contributed by atoms with Crippen molar-refractivity contribution in [3.63, 3.8) is 0 Å². The summed E-state index contributed by atoms with van der Waals surface area (Å²) < 4.78 is 0. The number of hydrogen-bond donors (Lipinski definition) is 0. The van der Waals surface area contributed by atoms with Crippen LogP contribution < -0.4 is 0 Å². The summed E-state index contributed by atoms with van der Waals surface area (Å²) in [5.74, 6) is -0.0803. The molecule has 0 radical (unpaired) electrons. The van der Waals surface area contributed by atoms with Crippen LogP contribution in [0.3, 0.4) is 0 Å². The number of halogens is 1. The highest BCUT2D eigenvalue weighted by molar-refractivity contribution is 7.12. The standard InChI is InChI=1S/C18H14ClNO2S/c19-2-1-12-4-11-8-20-15(7-16(11)23-12)13-5-9-3-10(9)6-14(13)17(21)18(20)22/h4-6,15H,1-3,7-8H2/t15-/m0/s1. The second-order valence-corrected chi connectivity index (χ2v) is 8.07. The molecule has 1 aromatic carbocycles. The van der Waals surface area contributed by atoms with Gasteiger partial charge in [-0.1, -0.05) is 6.07 Å². The van der Waals surface area contributed by atoms with Crippen LogP contribution in [0.1, 0.15) is 48.4 Å². The van der Waals surface area contributed by atoms with E-state index < -0.39 is 0 Å². The van der Waals surface area contributed by atoms with E-state index in [0.717, 1.165) is 24.8 Å². The van der Waals surface area contributed by atoms with Crippen molar-refractivity contribution >= 4 is 34.6 Å². The van der Waals surface area contributed by atoms with E-state index in [1.165, 1.54) is 26.4 Å². The molecule has 3 aliphatic rings. The Kier molecular flexibility index (Phi) is 2.80. The van der Waals surface area contributed by atoms with Gasteiger partial charge in [-0.15, -0.1) is 22.9 Å². The highest BCUT2D eigenvalue weighted by Crippen LogP contribution is 2.44. The van der Waals surface area contributed by atoms with Crippen LogP contribution in [0.15, 0.2) is 18.2 Å². The summed E-state index contributed by atoms with van der Waals surface area (Å²) >= 11 is 7.65. The van der Waals surface area contributed by atoms with Gasteiger partial charge >= 0.3 is 0 Å². The lowest BCUT2D eigenvalue weighted by Crippen LogP contribution is -2.46. The molecule has 116 valence electrons. The van der Waals surface area contributed by atoms with Crippen LogP contribution in [0.2, 0.25) is 0 Å². The van der Waals surface area contributed by atoms with Crippen LogP contribution >= 0.6 is 22.9 Å². The van der Waals surface area contributed by atoms with Crippen molar-refractivity contribution in [1.82, 2.24) is 4.90 Å². The molecule has 1 aromatic heterocycles. The van der Waals surface area contributed by atoms with Crippen LogP contribution in [0, 0.1) is 0 Å². The summed E-state index contributed by atoms with van der Waals surface area (Å²) in [6.45, 7) is 0.542. The molecule has 23 heavy (non-hydrogen) atoms. The summed E-state index contributed by atoms with van der Waals surface area (Å²) in [5.41, 5.74) is 5.40. The minimum atomic E-state index is -0.348. The van der Waals surface area contributed by atoms with Gasteiger partial charge in [-0.2, -0.15) is 0 Å². The van der Waals surface area contributed by atoms with Gasteiger partial charge in [0.25, 0.3) is 11.7 Å². The first-order valence-corrected chi connectivity index (χ1v) is 9.18. The predicted molar refractivity (Wildman–Crippen MR) is 89.3 cm³/mol. The number of alkyl halides is 1. The number of Topliss-reactive ketones (excluding diaryl/α,β-unsaturated/α-hetero) is 1. The molecule has 0 spiro atoms. The maximum absolute atomic E-state index is 12.6. The Bertz CT molecular complexity index is 885. The van der Waals surface area contributed by atoms with E-state index in [-0.39, 0.29) is 17.7 Å². The molecule has 2 aromatic rings. The third kappa shape index (κ3) is 1.95. The van der Waals surface area contributed by atoms with Gasteiger partial charge in [-0.05, 0) is 47.2 Å². The molecule has 1 aliphatic carbocycles. The summed E-state index contributed by atoms with van der Waals surface area (Å²) in [6, 6.07) is 6.24. The zero-order valence-corrected chi connectivity index (χ0v) is 14.0. The highest BCUT2D eigenvalue weighted by Gasteiger charge is 2.43. The fraction of sp³-hybridized carbons (Fsp3) is 0.333. The quantitative estimate of drug-likeness (QED) is 0.529. The van der Waals surface area contributed by atoms with E-state index in [4.69, 9.17) is 11.6 Å². The van der Waals surface area contributed by atoms with E-state index >= 15 is 0 Å². The maximum atomic E-state index is 12.6. The topological polar surface area (TPSA) is 37.4 Å². The summed E-state index contributed by atoms with van der Waals surface area (Å²) in [5, 5.41) is 0. The Morgan fingerprint density at radius 3 is 2.83 bits per heavy atom. The minimum Gasteiger partial charge on any atom is -0.324 e. The highest BCUT2D eigenvalue weighted by atomic mass is 35.5. The molecule has 0 saturated heterocycles. The molecule has 3 heterocycles. The van der Waals surface area contributed by atoms with Crippen molar-refractivity contribution in [2.75, 3.05) is 5.88 Å². The molecule has 5 heteroatoms. The van der Waals surface area contributed by atoms with Gasteiger partial charge in [0.15, 0.2) is 0 Å². The Morgan fingerprint density at radius 1 is 1.17 bits per heavy atom. The van der Waals surface area contributed by atoms with E-state index in [9.17, 15) is 9.59 Å². The fourth-order valence-electron chi connectivity index (χ4n) is 3.81. The van der Waals surface area contributed by atoms with Crippen LogP contribution in [0.4, 0.5) is 0 Å². The molecule has 1 atom stereocenters. The van der Waals surface area contributed by atoms with Crippen molar-refractivity contribution in [1.29, 1.82) is 0 Å². The average Bonchev–Trinajstić information content (AvgIpc) is 3.20. The van der Waals surface area contributed by atoms with Gasteiger partial charge < -0.3 is 4.90 Å². The van der Waals surface area contributed by atoms with Crippen molar-refractivity contribution in [2.24, 2.45) is 0 Å². The molecule has 5 rings (SSSR count). The van der Waals surface area contributed by atoms with E-state index in [1.807, 2.05) is 6.07 Å². The number of thiophene rings is 1. The van der Waals surface area contributed by atoms with Crippen LogP contribution in [0.25, 0.3) is 0 Å². The maximum Gasteiger partial charge on any atom is 0.295 e. The van der Waals surface area contributed by atoms with E-state index in [2.05, 4.69) is 12.1 Å². The molecule has 2 aliphatic heterocycles. The Hall–Kier alpha value is -1.65. The minimum absolute atomic E-state index is 0.0103.